The Hall–Kier alpha value is -2.06. The lowest BCUT2D eigenvalue weighted by molar-refractivity contribution is 1.14. The lowest BCUT2D eigenvalue weighted by Gasteiger charge is -2.04. The first-order valence-corrected chi connectivity index (χ1v) is 4.78. The summed E-state index contributed by atoms with van der Waals surface area (Å²) in [5.41, 5.74) is -0.0806. The predicted molar refractivity (Wildman–Crippen MR) is 59.7 cm³/mol. The molecule has 0 radical (unpaired) electrons. The molecule has 0 amide bonds. The molecule has 6 heteroatoms. The van der Waals surface area contributed by atoms with Crippen molar-refractivity contribution in [3.05, 3.63) is 42.9 Å². The molecule has 0 saturated carbocycles. The molecule has 0 aliphatic rings. The van der Waals surface area contributed by atoms with Crippen molar-refractivity contribution in [3.63, 3.8) is 0 Å². The molecule has 0 saturated heterocycles. The number of nitriles is 1. The van der Waals surface area contributed by atoms with Gasteiger partial charge < -0.3 is 9.97 Å². The number of fused-ring (bicyclic) bond motifs is 1. The zero-order valence-electron chi connectivity index (χ0n) is 8.22. The Kier molecular flexibility index (Phi) is 2.29. The Morgan fingerprint density at radius 3 is 2.56 bits per heavy atom. The van der Waals surface area contributed by atoms with Crippen molar-refractivity contribution in [2.24, 2.45) is 0 Å². The van der Waals surface area contributed by atoms with Crippen LogP contribution in [0.15, 0.2) is 15.7 Å². The largest absolute Gasteiger partial charge is 0.316 e. The predicted octanol–water partition coefficient (Wildman–Crippen LogP) is 1.05. The van der Waals surface area contributed by atoms with Gasteiger partial charge in [0.15, 0.2) is 0 Å². The monoisotopic (exact) mass is 235 g/mol. The average Bonchev–Trinajstić information content (AvgIpc) is 2.24. The van der Waals surface area contributed by atoms with E-state index in [9.17, 15) is 9.59 Å². The van der Waals surface area contributed by atoms with E-state index in [2.05, 4.69) is 9.97 Å². The van der Waals surface area contributed by atoms with E-state index in [1.165, 1.54) is 6.07 Å². The summed E-state index contributed by atoms with van der Waals surface area (Å²) in [5, 5.41) is 9.35. The fraction of sp³-hybridized carbons (Fsp3) is 0.100. The Balaban J connectivity index is 3.11. The fourth-order valence-corrected chi connectivity index (χ4v) is 1.67. The van der Waals surface area contributed by atoms with E-state index in [1.54, 1.807) is 6.92 Å². The number of halogens is 1. The van der Waals surface area contributed by atoms with Crippen LogP contribution in [0.4, 0.5) is 0 Å². The smallest absolute Gasteiger partial charge is 0.314 e. The van der Waals surface area contributed by atoms with E-state index in [0.717, 1.165) is 0 Å². The first kappa shape index (κ1) is 10.5. The maximum atomic E-state index is 11.2. The maximum Gasteiger partial charge on any atom is 0.314 e. The summed E-state index contributed by atoms with van der Waals surface area (Å²) >= 11 is 5.90. The van der Waals surface area contributed by atoms with Crippen LogP contribution >= 0.6 is 11.6 Å². The van der Waals surface area contributed by atoms with Crippen LogP contribution in [0.2, 0.25) is 5.02 Å². The molecule has 0 aliphatic carbocycles. The van der Waals surface area contributed by atoms with Crippen LogP contribution in [0.5, 0.6) is 0 Å². The van der Waals surface area contributed by atoms with Crippen molar-refractivity contribution in [2.45, 2.75) is 6.92 Å². The molecule has 0 aliphatic heterocycles. The van der Waals surface area contributed by atoms with Crippen LogP contribution in [0.25, 0.3) is 11.0 Å². The van der Waals surface area contributed by atoms with Crippen molar-refractivity contribution in [1.82, 2.24) is 9.97 Å². The zero-order valence-corrected chi connectivity index (χ0v) is 8.97. The van der Waals surface area contributed by atoms with Gasteiger partial charge in [-0.15, -0.1) is 0 Å². The van der Waals surface area contributed by atoms with E-state index < -0.39 is 11.1 Å². The minimum atomic E-state index is -0.786. The van der Waals surface area contributed by atoms with Crippen LogP contribution in [0, 0.1) is 18.3 Å². The molecule has 1 aromatic heterocycles. The number of H-pyrrole nitrogens is 2. The quantitative estimate of drug-likeness (QED) is 0.669. The van der Waals surface area contributed by atoms with Crippen molar-refractivity contribution >= 4 is 22.6 Å². The molecule has 1 aromatic carbocycles. The molecule has 80 valence electrons. The van der Waals surface area contributed by atoms with Crippen LogP contribution in [-0.4, -0.2) is 9.97 Å². The third-order valence-electron chi connectivity index (χ3n) is 2.33. The third kappa shape index (κ3) is 1.40. The number of rotatable bonds is 0. The van der Waals surface area contributed by atoms with Gasteiger partial charge in [-0.2, -0.15) is 5.26 Å². The van der Waals surface area contributed by atoms with Crippen LogP contribution in [0.1, 0.15) is 11.1 Å². The highest BCUT2D eigenvalue weighted by Crippen LogP contribution is 2.24. The number of benzene rings is 1. The number of aromatic amines is 2. The first-order valence-electron chi connectivity index (χ1n) is 4.40. The Morgan fingerprint density at radius 2 is 1.94 bits per heavy atom. The molecule has 0 bridgehead atoms. The molecule has 1 heterocycles. The van der Waals surface area contributed by atoms with Crippen molar-refractivity contribution in [2.75, 3.05) is 0 Å². The SMILES string of the molecule is Cc1c(Cl)cc2[nH]c(=O)c(=O)[nH]c2c1C#N. The molecule has 2 aromatic rings. The van der Waals surface area contributed by atoms with Crippen molar-refractivity contribution < 1.29 is 0 Å². The molecule has 5 nitrogen and oxygen atoms in total. The molecule has 0 fully saturated rings. The summed E-state index contributed by atoms with van der Waals surface area (Å²) in [6, 6.07) is 3.45. The van der Waals surface area contributed by atoms with E-state index in [-0.39, 0.29) is 5.56 Å². The zero-order chi connectivity index (χ0) is 11.9. The lowest BCUT2D eigenvalue weighted by atomic mass is 10.1. The summed E-state index contributed by atoms with van der Waals surface area (Å²) < 4.78 is 0. The third-order valence-corrected chi connectivity index (χ3v) is 2.72. The van der Waals surface area contributed by atoms with Gasteiger partial charge in [0.05, 0.1) is 16.6 Å². The lowest BCUT2D eigenvalue weighted by Crippen LogP contribution is -2.29. The van der Waals surface area contributed by atoms with E-state index in [1.807, 2.05) is 6.07 Å². The topological polar surface area (TPSA) is 89.5 Å². The maximum absolute atomic E-state index is 11.2. The second-order valence-corrected chi connectivity index (χ2v) is 3.71. The number of hydrogen-bond donors (Lipinski definition) is 2. The molecule has 16 heavy (non-hydrogen) atoms. The summed E-state index contributed by atoms with van der Waals surface area (Å²) in [5.74, 6) is 0. The van der Waals surface area contributed by atoms with Gasteiger partial charge in [-0.3, -0.25) is 9.59 Å². The Morgan fingerprint density at radius 1 is 1.31 bits per heavy atom. The highest BCUT2D eigenvalue weighted by atomic mass is 35.5. The number of nitrogens with one attached hydrogen (secondary N) is 2. The molecule has 0 atom stereocenters. The second kappa shape index (κ2) is 3.51. The van der Waals surface area contributed by atoms with Gasteiger partial charge in [0.1, 0.15) is 6.07 Å². The summed E-state index contributed by atoms with van der Waals surface area (Å²) in [4.78, 5) is 27.0. The first-order chi connectivity index (χ1) is 7.54. The summed E-state index contributed by atoms with van der Waals surface area (Å²) in [7, 11) is 0. The van der Waals surface area contributed by atoms with Gasteiger partial charge in [0.2, 0.25) is 0 Å². The standard InChI is InChI=1S/C10H6ClN3O2/c1-4-5(3-12)8-7(2-6(4)11)13-9(15)10(16)14-8/h2H,1H3,(H,13,15)(H,14,16). The van der Waals surface area contributed by atoms with E-state index in [4.69, 9.17) is 16.9 Å². The van der Waals surface area contributed by atoms with Crippen LogP contribution in [0.3, 0.4) is 0 Å². The molecular weight excluding hydrogens is 230 g/mol. The van der Waals surface area contributed by atoms with Crippen LogP contribution < -0.4 is 11.1 Å². The van der Waals surface area contributed by atoms with Gasteiger partial charge in [-0.05, 0) is 18.6 Å². The van der Waals surface area contributed by atoms with Gasteiger partial charge in [-0.25, -0.2) is 0 Å². The number of nitrogens with zero attached hydrogens (tertiary/aromatic N) is 1. The van der Waals surface area contributed by atoms with Gasteiger partial charge in [0, 0.05) is 5.02 Å². The minimum Gasteiger partial charge on any atom is -0.316 e. The normalized spacial score (nSPS) is 10.3. The van der Waals surface area contributed by atoms with Gasteiger partial charge in [0.25, 0.3) is 0 Å². The average molecular weight is 236 g/mol. The summed E-state index contributed by atoms with van der Waals surface area (Å²) in [6.07, 6.45) is 0. The Labute approximate surface area is 94.3 Å². The second-order valence-electron chi connectivity index (χ2n) is 3.30. The molecule has 2 rings (SSSR count). The molecule has 2 N–H and O–H groups in total. The van der Waals surface area contributed by atoms with Crippen molar-refractivity contribution in [3.8, 4) is 6.07 Å². The minimum absolute atomic E-state index is 0.260. The highest BCUT2D eigenvalue weighted by molar-refractivity contribution is 6.32. The fourth-order valence-electron chi connectivity index (χ4n) is 1.47. The Bertz CT molecular complexity index is 737. The van der Waals surface area contributed by atoms with E-state index >= 15 is 0 Å². The van der Waals surface area contributed by atoms with Crippen LogP contribution in [-0.2, 0) is 0 Å². The highest BCUT2D eigenvalue weighted by Gasteiger charge is 2.10. The molecular formula is C10H6ClN3O2. The number of aromatic nitrogens is 2. The van der Waals surface area contributed by atoms with Gasteiger partial charge >= 0.3 is 11.1 Å². The molecule has 0 unspecified atom stereocenters. The van der Waals surface area contributed by atoms with Crippen molar-refractivity contribution in [1.29, 1.82) is 5.26 Å². The molecule has 0 spiro atoms. The summed E-state index contributed by atoms with van der Waals surface area (Å²) in [6.45, 7) is 1.67. The van der Waals surface area contributed by atoms with E-state index in [0.29, 0.717) is 21.6 Å². The number of hydrogen-bond acceptors (Lipinski definition) is 3. The van der Waals surface area contributed by atoms with Gasteiger partial charge in [-0.1, -0.05) is 11.6 Å².